The van der Waals surface area contributed by atoms with Crippen LogP contribution >= 0.6 is 0 Å². The molecule has 0 aromatic heterocycles. The van der Waals surface area contributed by atoms with Crippen molar-refractivity contribution in [3.8, 4) is 0 Å². The van der Waals surface area contributed by atoms with Crippen molar-refractivity contribution in [2.75, 3.05) is 30.3 Å². The van der Waals surface area contributed by atoms with E-state index in [1.807, 2.05) is 4.90 Å². The van der Waals surface area contributed by atoms with E-state index in [1.165, 1.54) is 37.1 Å². The van der Waals surface area contributed by atoms with E-state index in [0.29, 0.717) is 29.9 Å². The molecule has 1 fully saturated rings. The fourth-order valence-corrected chi connectivity index (χ4v) is 3.49. The molecule has 0 spiro atoms. The zero-order valence-electron chi connectivity index (χ0n) is 18.0. The van der Waals surface area contributed by atoms with Crippen LogP contribution in [0.5, 0.6) is 0 Å². The molecule has 1 saturated heterocycles. The maximum atomic E-state index is 12.9. The van der Waals surface area contributed by atoms with Gasteiger partial charge < -0.3 is 20.9 Å². The van der Waals surface area contributed by atoms with Gasteiger partial charge in [-0.05, 0) is 67.8 Å². The number of urea groups is 1. The third-order valence-electron chi connectivity index (χ3n) is 5.29. The topological polar surface area (TPSA) is 90.5 Å². The lowest BCUT2D eigenvalue weighted by Crippen LogP contribution is -2.35. The number of nitrogens with one attached hydrogen (secondary N) is 3. The number of benzene rings is 2. The van der Waals surface area contributed by atoms with Crippen LogP contribution in [0.2, 0.25) is 0 Å². The summed E-state index contributed by atoms with van der Waals surface area (Å²) in [6, 6.07) is 12.2. The van der Waals surface area contributed by atoms with Gasteiger partial charge in [0.25, 0.3) is 5.91 Å². The van der Waals surface area contributed by atoms with Crippen molar-refractivity contribution >= 4 is 29.2 Å². The predicted octanol–water partition coefficient (Wildman–Crippen LogP) is 4.38. The highest BCUT2D eigenvalue weighted by Crippen LogP contribution is 2.16. The van der Waals surface area contributed by atoms with Crippen molar-refractivity contribution in [2.24, 2.45) is 0 Å². The monoisotopic (exact) mass is 440 g/mol. The van der Waals surface area contributed by atoms with E-state index in [1.54, 1.807) is 24.3 Å². The normalized spacial score (nSPS) is 13.7. The number of hydrogen-bond acceptors (Lipinski definition) is 3. The van der Waals surface area contributed by atoms with Crippen molar-refractivity contribution in [3.05, 3.63) is 59.9 Å². The molecule has 8 heteroatoms. The minimum Gasteiger partial charge on any atom is -0.352 e. The van der Waals surface area contributed by atoms with Crippen molar-refractivity contribution in [1.29, 1.82) is 0 Å². The van der Waals surface area contributed by atoms with E-state index in [2.05, 4.69) is 16.0 Å². The van der Waals surface area contributed by atoms with E-state index in [9.17, 15) is 18.8 Å². The van der Waals surface area contributed by atoms with Crippen LogP contribution in [-0.2, 0) is 4.79 Å². The van der Waals surface area contributed by atoms with Gasteiger partial charge in [0.1, 0.15) is 5.82 Å². The highest BCUT2D eigenvalue weighted by molar-refractivity contribution is 5.94. The van der Waals surface area contributed by atoms with Gasteiger partial charge in [0.05, 0.1) is 0 Å². The second-order valence-corrected chi connectivity index (χ2v) is 7.82. The molecule has 170 valence electrons. The average molecular weight is 441 g/mol. The molecule has 1 heterocycles. The molecular formula is C24H29FN4O3. The molecule has 0 unspecified atom stereocenters. The quantitative estimate of drug-likeness (QED) is 0.558. The van der Waals surface area contributed by atoms with Gasteiger partial charge in [-0.15, -0.1) is 0 Å². The molecule has 1 aliphatic rings. The number of carbonyl (C=O) groups is 3. The molecule has 0 saturated carbocycles. The highest BCUT2D eigenvalue weighted by atomic mass is 19.1. The SMILES string of the molecule is O=C(CCCNC(=O)c1ccc(F)cc1)Nc1ccc(NC(=O)N2CCCCCC2)cc1. The third kappa shape index (κ3) is 7.37. The Morgan fingerprint density at radius 2 is 1.41 bits per heavy atom. The number of hydrogen-bond donors (Lipinski definition) is 3. The van der Waals surface area contributed by atoms with E-state index >= 15 is 0 Å². The summed E-state index contributed by atoms with van der Waals surface area (Å²) in [6.45, 7) is 1.90. The van der Waals surface area contributed by atoms with Crippen LogP contribution in [0.15, 0.2) is 48.5 Å². The molecular weight excluding hydrogens is 411 g/mol. The maximum absolute atomic E-state index is 12.9. The van der Waals surface area contributed by atoms with Gasteiger partial charge in [0, 0.05) is 43.0 Å². The first-order valence-corrected chi connectivity index (χ1v) is 11.0. The summed E-state index contributed by atoms with van der Waals surface area (Å²) in [6.07, 6.45) is 5.13. The second-order valence-electron chi connectivity index (χ2n) is 7.82. The molecule has 3 N–H and O–H groups in total. The zero-order valence-corrected chi connectivity index (χ0v) is 18.0. The van der Waals surface area contributed by atoms with E-state index in [-0.39, 0.29) is 24.3 Å². The van der Waals surface area contributed by atoms with Gasteiger partial charge in [0.15, 0.2) is 0 Å². The van der Waals surface area contributed by atoms with Crippen LogP contribution in [0, 0.1) is 5.82 Å². The van der Waals surface area contributed by atoms with Gasteiger partial charge in [0.2, 0.25) is 5.91 Å². The van der Waals surface area contributed by atoms with Crippen molar-refractivity contribution in [1.82, 2.24) is 10.2 Å². The van der Waals surface area contributed by atoms with E-state index in [4.69, 9.17) is 0 Å². The van der Waals surface area contributed by atoms with Crippen LogP contribution in [0.1, 0.15) is 48.9 Å². The Balaban J connectivity index is 1.36. The lowest BCUT2D eigenvalue weighted by atomic mass is 10.2. The summed E-state index contributed by atoms with van der Waals surface area (Å²) in [4.78, 5) is 38.3. The number of anilines is 2. The molecule has 3 rings (SSSR count). The van der Waals surface area contributed by atoms with Crippen LogP contribution in [0.25, 0.3) is 0 Å². The first-order chi connectivity index (χ1) is 15.5. The fourth-order valence-electron chi connectivity index (χ4n) is 3.49. The third-order valence-corrected chi connectivity index (χ3v) is 5.29. The Morgan fingerprint density at radius 1 is 0.812 bits per heavy atom. The molecule has 1 aliphatic heterocycles. The van der Waals surface area contributed by atoms with Crippen molar-refractivity contribution in [2.45, 2.75) is 38.5 Å². The first-order valence-electron chi connectivity index (χ1n) is 11.0. The van der Waals surface area contributed by atoms with Gasteiger partial charge in [-0.2, -0.15) is 0 Å². The summed E-state index contributed by atoms with van der Waals surface area (Å²) in [5.41, 5.74) is 1.69. The van der Waals surface area contributed by atoms with E-state index in [0.717, 1.165) is 25.9 Å². The molecule has 0 radical (unpaired) electrons. The lowest BCUT2D eigenvalue weighted by molar-refractivity contribution is -0.116. The van der Waals surface area contributed by atoms with Gasteiger partial charge >= 0.3 is 6.03 Å². The average Bonchev–Trinajstić information content (AvgIpc) is 3.08. The predicted molar refractivity (Wildman–Crippen MR) is 122 cm³/mol. The lowest BCUT2D eigenvalue weighted by Gasteiger charge is -2.20. The van der Waals surface area contributed by atoms with Crippen molar-refractivity contribution < 1.29 is 18.8 Å². The van der Waals surface area contributed by atoms with Crippen LogP contribution in [0.3, 0.4) is 0 Å². The number of halogens is 1. The molecule has 0 aliphatic carbocycles. The number of rotatable bonds is 7. The summed E-state index contributed by atoms with van der Waals surface area (Å²) < 4.78 is 12.9. The largest absolute Gasteiger partial charge is 0.352 e. The Bertz CT molecular complexity index is 908. The van der Waals surface area contributed by atoms with Gasteiger partial charge in [-0.25, -0.2) is 9.18 Å². The minimum atomic E-state index is -0.397. The van der Waals surface area contributed by atoms with Crippen molar-refractivity contribution in [3.63, 3.8) is 0 Å². The van der Waals surface area contributed by atoms with E-state index < -0.39 is 5.82 Å². The maximum Gasteiger partial charge on any atom is 0.321 e. The fraction of sp³-hybridized carbons (Fsp3) is 0.375. The standard InChI is InChI=1S/C24H29FN4O3/c25-19-9-7-18(8-10-19)23(31)26-15-5-6-22(30)27-20-11-13-21(14-12-20)28-24(32)29-16-3-1-2-4-17-29/h7-14H,1-6,15-17H2,(H,26,31)(H,27,30)(H,28,32). The Kier molecular flexibility index (Phi) is 8.60. The number of amides is 4. The summed E-state index contributed by atoms with van der Waals surface area (Å²) in [7, 11) is 0. The molecule has 0 atom stereocenters. The molecule has 7 nitrogen and oxygen atoms in total. The Morgan fingerprint density at radius 3 is 2.03 bits per heavy atom. The number of carbonyl (C=O) groups excluding carboxylic acids is 3. The summed E-state index contributed by atoms with van der Waals surface area (Å²) in [5.74, 6) is -0.864. The van der Waals surface area contributed by atoms with Crippen LogP contribution in [-0.4, -0.2) is 42.4 Å². The summed E-state index contributed by atoms with van der Waals surface area (Å²) >= 11 is 0. The molecule has 4 amide bonds. The zero-order chi connectivity index (χ0) is 22.8. The minimum absolute atomic E-state index is 0.0913. The smallest absolute Gasteiger partial charge is 0.321 e. The second kappa shape index (κ2) is 11.8. The number of nitrogens with zero attached hydrogens (tertiary/aromatic N) is 1. The van der Waals surface area contributed by atoms with Crippen LogP contribution < -0.4 is 16.0 Å². The molecule has 2 aromatic carbocycles. The van der Waals surface area contributed by atoms with Crippen LogP contribution in [0.4, 0.5) is 20.6 Å². The molecule has 32 heavy (non-hydrogen) atoms. The Labute approximate surface area is 187 Å². The highest BCUT2D eigenvalue weighted by Gasteiger charge is 2.15. The molecule has 2 aromatic rings. The first kappa shape index (κ1) is 23.2. The van der Waals surface area contributed by atoms with Gasteiger partial charge in [-0.3, -0.25) is 9.59 Å². The molecule has 0 bridgehead atoms. The Hall–Kier alpha value is -3.42. The summed E-state index contributed by atoms with van der Waals surface area (Å²) in [5, 5.41) is 8.41. The van der Waals surface area contributed by atoms with Gasteiger partial charge in [-0.1, -0.05) is 12.8 Å². The number of likely N-dealkylation sites (tertiary alicyclic amines) is 1.